The number of alkyl halides is 1. The lowest BCUT2D eigenvalue weighted by Crippen LogP contribution is -2.44. The number of unbranched alkanes of at least 4 members (excludes halogenated alkanes) is 1. The first-order chi connectivity index (χ1) is 8.06. The van der Waals surface area contributed by atoms with E-state index in [-0.39, 0.29) is 26.3 Å². The molecule has 0 aromatic rings. The third-order valence-electron chi connectivity index (χ3n) is 2.66. The Morgan fingerprint density at radius 2 is 1.58 bits per heavy atom. The molecule has 0 rings (SSSR count). The van der Waals surface area contributed by atoms with E-state index in [0.29, 0.717) is 0 Å². The number of hydrogen-bond donors (Lipinski definition) is 4. The van der Waals surface area contributed by atoms with Crippen LogP contribution < -0.4 is 5.73 Å². The van der Waals surface area contributed by atoms with Gasteiger partial charge in [0.1, 0.15) is 0 Å². The van der Waals surface area contributed by atoms with Crippen molar-refractivity contribution in [2.24, 2.45) is 5.73 Å². The maximum absolute atomic E-state index is 9.10. The summed E-state index contributed by atoms with van der Waals surface area (Å²) >= 11 is 3.31. The minimum Gasteiger partial charge on any atom is -0.430 e. The van der Waals surface area contributed by atoms with Gasteiger partial charge in [-0.1, -0.05) is 15.9 Å². The molecule has 0 spiro atoms. The first-order valence-corrected chi connectivity index (χ1v) is 7.17. The molecule has 118 valence electrons. The molecule has 5 nitrogen and oxygen atoms in total. The summed E-state index contributed by atoms with van der Waals surface area (Å²) in [5.74, 6) is 0. The number of halogens is 2. The summed E-state index contributed by atoms with van der Waals surface area (Å²) in [5.41, 5.74) is 3.41. The maximum atomic E-state index is 9.10. The van der Waals surface area contributed by atoms with Crippen LogP contribution in [0.5, 0.6) is 0 Å². The minimum absolute atomic E-state index is 0. The zero-order valence-electron chi connectivity index (χ0n) is 12.2. The normalized spacial score (nSPS) is 12.9. The van der Waals surface area contributed by atoms with E-state index in [2.05, 4.69) is 15.9 Å². The SMILES string of the molecule is CC(C)(O)C(C)(C)O.Cl.NC(CCCCBr)OBO. The van der Waals surface area contributed by atoms with Crippen LogP contribution in [-0.4, -0.2) is 45.7 Å². The molecule has 0 aromatic heterocycles. The van der Waals surface area contributed by atoms with Crippen LogP contribution in [0.3, 0.4) is 0 Å². The first kappa shape index (κ1) is 24.6. The largest absolute Gasteiger partial charge is 0.436 e. The molecular formula is C11H28BBrClNO4. The number of rotatable bonds is 7. The zero-order chi connectivity index (χ0) is 14.8. The summed E-state index contributed by atoms with van der Waals surface area (Å²) in [6.07, 6.45) is 2.64. The molecule has 0 amide bonds. The quantitative estimate of drug-likeness (QED) is 0.234. The van der Waals surface area contributed by atoms with Gasteiger partial charge in [0.15, 0.2) is 0 Å². The predicted molar refractivity (Wildman–Crippen MR) is 85.9 cm³/mol. The van der Waals surface area contributed by atoms with Crippen molar-refractivity contribution in [3.8, 4) is 0 Å². The predicted octanol–water partition coefficient (Wildman–Crippen LogP) is 1.06. The second-order valence-electron chi connectivity index (χ2n) is 5.14. The van der Waals surface area contributed by atoms with E-state index in [4.69, 9.17) is 25.6 Å². The summed E-state index contributed by atoms with van der Waals surface area (Å²) in [6.45, 7) is 6.31. The summed E-state index contributed by atoms with van der Waals surface area (Å²) in [4.78, 5) is 0. The van der Waals surface area contributed by atoms with Crippen LogP contribution >= 0.6 is 28.3 Å². The number of aliphatic hydroxyl groups is 2. The number of nitrogens with two attached hydrogens (primary N) is 1. The van der Waals surface area contributed by atoms with Crippen LogP contribution in [0.4, 0.5) is 0 Å². The van der Waals surface area contributed by atoms with Gasteiger partial charge in [-0.15, -0.1) is 12.4 Å². The zero-order valence-corrected chi connectivity index (χ0v) is 14.6. The highest BCUT2D eigenvalue weighted by Gasteiger charge is 2.31. The van der Waals surface area contributed by atoms with Crippen LogP contribution in [-0.2, 0) is 4.65 Å². The molecule has 0 saturated carbocycles. The van der Waals surface area contributed by atoms with E-state index < -0.39 is 11.2 Å². The van der Waals surface area contributed by atoms with Crippen molar-refractivity contribution < 1.29 is 19.9 Å². The highest BCUT2D eigenvalue weighted by atomic mass is 79.9. The Labute approximate surface area is 131 Å². The molecule has 0 saturated heterocycles. The maximum Gasteiger partial charge on any atom is 0.436 e. The van der Waals surface area contributed by atoms with E-state index >= 15 is 0 Å². The van der Waals surface area contributed by atoms with E-state index in [9.17, 15) is 0 Å². The van der Waals surface area contributed by atoms with Crippen molar-refractivity contribution in [1.29, 1.82) is 0 Å². The fourth-order valence-electron chi connectivity index (χ4n) is 0.619. The Morgan fingerprint density at radius 1 is 1.16 bits per heavy atom. The van der Waals surface area contributed by atoms with Gasteiger partial charge in [0.2, 0.25) is 0 Å². The van der Waals surface area contributed by atoms with Gasteiger partial charge in [0.25, 0.3) is 0 Å². The molecule has 1 unspecified atom stereocenters. The minimum atomic E-state index is -1.01. The molecule has 19 heavy (non-hydrogen) atoms. The molecule has 1 atom stereocenters. The Balaban J connectivity index is -0.000000262. The molecule has 0 aliphatic carbocycles. The molecule has 0 bridgehead atoms. The van der Waals surface area contributed by atoms with E-state index in [1.54, 1.807) is 27.7 Å². The summed E-state index contributed by atoms with van der Waals surface area (Å²) < 4.78 is 4.71. The Bertz CT molecular complexity index is 188. The van der Waals surface area contributed by atoms with Crippen molar-refractivity contribution in [3.05, 3.63) is 0 Å². The second-order valence-corrected chi connectivity index (χ2v) is 5.93. The summed E-state index contributed by atoms with van der Waals surface area (Å²) in [7, 11) is -0.282. The fourth-order valence-corrected chi connectivity index (χ4v) is 1.02. The second kappa shape index (κ2) is 12.4. The first-order valence-electron chi connectivity index (χ1n) is 6.05. The van der Waals surface area contributed by atoms with Crippen LogP contribution in [0.25, 0.3) is 0 Å². The molecular weight excluding hydrogens is 336 g/mol. The lowest BCUT2D eigenvalue weighted by Gasteiger charge is -2.31. The van der Waals surface area contributed by atoms with Gasteiger partial charge in [0.05, 0.1) is 17.4 Å². The van der Waals surface area contributed by atoms with Crippen LogP contribution in [0, 0.1) is 0 Å². The standard InChI is InChI=1S/C6H14O2.C5H13BBrNO2.ClH/c1-5(2,7)6(3,4)8;7-4-2-1-3-5(8)10-6-9;/h7-8H,1-4H3;5-6,9H,1-4,8H2;1H. The summed E-state index contributed by atoms with van der Waals surface area (Å²) in [6, 6.07) is 0. The Morgan fingerprint density at radius 3 is 1.84 bits per heavy atom. The Kier molecular flexibility index (Phi) is 16.1. The molecule has 0 fully saturated rings. The van der Waals surface area contributed by atoms with Crippen molar-refractivity contribution in [2.75, 3.05) is 5.33 Å². The molecule has 8 heteroatoms. The average Bonchev–Trinajstić information content (AvgIpc) is 2.16. The van der Waals surface area contributed by atoms with Gasteiger partial charge in [-0.2, -0.15) is 0 Å². The molecule has 0 aliphatic heterocycles. The smallest absolute Gasteiger partial charge is 0.430 e. The van der Waals surface area contributed by atoms with Gasteiger partial charge in [0, 0.05) is 5.33 Å². The topological polar surface area (TPSA) is 95.9 Å². The third-order valence-corrected chi connectivity index (χ3v) is 3.22. The monoisotopic (exact) mass is 363 g/mol. The average molecular weight is 365 g/mol. The molecule has 0 heterocycles. The highest BCUT2D eigenvalue weighted by Crippen LogP contribution is 2.19. The van der Waals surface area contributed by atoms with Crippen molar-refractivity contribution in [1.82, 2.24) is 0 Å². The van der Waals surface area contributed by atoms with Crippen molar-refractivity contribution in [2.45, 2.75) is 64.4 Å². The lowest BCUT2D eigenvalue weighted by molar-refractivity contribution is -0.107. The van der Waals surface area contributed by atoms with Crippen LogP contribution in [0.2, 0.25) is 0 Å². The van der Waals surface area contributed by atoms with Gasteiger partial charge in [-0.05, 0) is 47.0 Å². The molecule has 0 aromatic carbocycles. The summed E-state index contributed by atoms with van der Waals surface area (Å²) in [5, 5.41) is 27.5. The van der Waals surface area contributed by atoms with Gasteiger partial charge in [-0.25, -0.2) is 0 Å². The van der Waals surface area contributed by atoms with Gasteiger partial charge in [-0.3, -0.25) is 0 Å². The Hall–Kier alpha value is 0.635. The van der Waals surface area contributed by atoms with Crippen LogP contribution in [0.15, 0.2) is 0 Å². The third kappa shape index (κ3) is 16.6. The highest BCUT2D eigenvalue weighted by molar-refractivity contribution is 9.09. The van der Waals surface area contributed by atoms with Gasteiger partial charge >= 0.3 is 7.69 Å². The van der Waals surface area contributed by atoms with Crippen molar-refractivity contribution >= 4 is 36.0 Å². The van der Waals surface area contributed by atoms with E-state index in [1.807, 2.05) is 0 Å². The van der Waals surface area contributed by atoms with E-state index in [1.165, 1.54) is 0 Å². The molecule has 0 aliphatic rings. The fraction of sp³-hybridized carbons (Fsp3) is 1.00. The number of hydrogen-bond acceptors (Lipinski definition) is 5. The van der Waals surface area contributed by atoms with Crippen molar-refractivity contribution in [3.63, 3.8) is 0 Å². The lowest BCUT2D eigenvalue weighted by atomic mass is 9.90. The van der Waals surface area contributed by atoms with Crippen LogP contribution in [0.1, 0.15) is 47.0 Å². The van der Waals surface area contributed by atoms with Gasteiger partial charge < -0.3 is 25.6 Å². The molecule has 0 radical (unpaired) electrons. The molecule has 5 N–H and O–H groups in total. The van der Waals surface area contributed by atoms with E-state index in [0.717, 1.165) is 24.6 Å².